The molecule has 1 saturated heterocycles. The fourth-order valence-corrected chi connectivity index (χ4v) is 7.46. The van der Waals surface area contributed by atoms with Crippen LogP contribution in [0.1, 0.15) is 106 Å². The average molecular weight is 571 g/mol. The smallest absolute Gasteiger partial charge is 0.321 e. The normalized spacial score (nSPS) is 24.7. The van der Waals surface area contributed by atoms with E-state index < -0.39 is 0 Å². The largest absolute Gasteiger partial charge is 0.424 e. The van der Waals surface area contributed by atoms with Crippen LogP contribution in [0, 0.1) is 12.3 Å². The van der Waals surface area contributed by atoms with Crippen LogP contribution >= 0.6 is 0 Å². The summed E-state index contributed by atoms with van der Waals surface area (Å²) in [5, 5.41) is 0.774. The summed E-state index contributed by atoms with van der Waals surface area (Å²) >= 11 is 0. The minimum Gasteiger partial charge on any atom is -0.424 e. The van der Waals surface area contributed by atoms with Crippen molar-refractivity contribution in [2.24, 2.45) is 5.41 Å². The number of ether oxygens (including phenoxy) is 1. The topological polar surface area (TPSA) is 94.4 Å². The van der Waals surface area contributed by atoms with Crippen LogP contribution in [0.25, 0.3) is 10.9 Å². The van der Waals surface area contributed by atoms with Crippen LogP contribution in [0.15, 0.2) is 30.7 Å². The van der Waals surface area contributed by atoms with Crippen LogP contribution in [0.2, 0.25) is 0 Å². The summed E-state index contributed by atoms with van der Waals surface area (Å²) in [6.07, 6.45) is 17.6. The van der Waals surface area contributed by atoms with Gasteiger partial charge in [-0.3, -0.25) is 14.4 Å². The lowest BCUT2D eigenvalue weighted by Crippen LogP contribution is -2.44. The second-order valence-corrected chi connectivity index (χ2v) is 12.7. The molecule has 42 heavy (non-hydrogen) atoms. The molecule has 0 N–H and O–H groups in total. The summed E-state index contributed by atoms with van der Waals surface area (Å²) in [4.78, 5) is 50.5. The van der Waals surface area contributed by atoms with Gasteiger partial charge in [-0.15, -0.1) is 0 Å². The van der Waals surface area contributed by atoms with E-state index in [0.29, 0.717) is 17.7 Å². The minimum absolute atomic E-state index is 0.0261. The lowest BCUT2D eigenvalue weighted by Gasteiger charge is -2.27. The molecule has 6 rings (SSSR count). The van der Waals surface area contributed by atoms with Gasteiger partial charge < -0.3 is 14.2 Å². The second-order valence-electron chi connectivity index (χ2n) is 12.7. The van der Waals surface area contributed by atoms with E-state index in [1.165, 1.54) is 32.1 Å². The molecule has 0 unspecified atom stereocenters. The van der Waals surface area contributed by atoms with Gasteiger partial charge in [-0.05, 0) is 74.6 Å². The first-order chi connectivity index (χ1) is 20.3. The van der Waals surface area contributed by atoms with Gasteiger partial charge in [0.1, 0.15) is 12.3 Å². The fraction of sp³-hybridized carbons (Fsp3) is 0.559. The van der Waals surface area contributed by atoms with E-state index in [0.717, 1.165) is 60.6 Å². The predicted molar refractivity (Wildman–Crippen MR) is 161 cm³/mol. The van der Waals surface area contributed by atoms with E-state index in [1.807, 2.05) is 41.6 Å². The van der Waals surface area contributed by atoms with E-state index in [9.17, 15) is 14.4 Å². The van der Waals surface area contributed by atoms with Gasteiger partial charge in [-0.25, -0.2) is 9.97 Å². The summed E-state index contributed by atoms with van der Waals surface area (Å²) in [7, 11) is 0. The van der Waals surface area contributed by atoms with E-state index >= 15 is 0 Å². The zero-order chi connectivity index (χ0) is 29.4. The first-order valence-electron chi connectivity index (χ1n) is 15.8. The maximum Gasteiger partial charge on any atom is 0.321 e. The summed E-state index contributed by atoms with van der Waals surface area (Å²) < 4.78 is 8.03. The van der Waals surface area contributed by atoms with E-state index in [4.69, 9.17) is 4.74 Å². The number of piperidine rings is 1. The van der Waals surface area contributed by atoms with Crippen LogP contribution in [0.5, 0.6) is 11.8 Å². The first-order valence-corrected chi connectivity index (χ1v) is 15.8. The molecule has 3 aliphatic rings. The number of aromatic nitrogens is 3. The number of rotatable bonds is 5. The fourth-order valence-electron chi connectivity index (χ4n) is 7.46. The van der Waals surface area contributed by atoms with Crippen LogP contribution < -0.4 is 4.74 Å². The van der Waals surface area contributed by atoms with Crippen molar-refractivity contribution in [1.29, 1.82) is 0 Å². The zero-order valence-electron chi connectivity index (χ0n) is 25.2. The van der Waals surface area contributed by atoms with Gasteiger partial charge in [-0.2, -0.15) is 0 Å². The monoisotopic (exact) mass is 570 g/mol. The summed E-state index contributed by atoms with van der Waals surface area (Å²) in [6.45, 7) is 5.49. The third-order valence-corrected chi connectivity index (χ3v) is 9.72. The second kappa shape index (κ2) is 11.6. The van der Waals surface area contributed by atoms with Gasteiger partial charge in [-0.1, -0.05) is 45.4 Å². The standard InChI is InChI=1S/C34H42N4O4/c1-4-29(40)28-16-34-13-11-9-7-5-6-8-10-12-24-14-25(42-33-35-18-22(2)19-36-33)15-26-27(23(3)39)20-37(32(24)26)21-31(41)38(28)30(34)17-34/h14-15,18-20,28,30H,4-13,16-17,21H2,1-3H3/t28-,30+,34-/m0/s1. The number of nitrogens with zero attached hydrogens (tertiary/aromatic N) is 4. The van der Waals surface area contributed by atoms with Crippen LogP contribution in [0.4, 0.5) is 0 Å². The Kier molecular flexibility index (Phi) is 7.90. The van der Waals surface area contributed by atoms with Crippen molar-refractivity contribution in [3.63, 3.8) is 0 Å². The minimum atomic E-state index is -0.330. The molecule has 3 aromatic rings. The highest BCUT2D eigenvalue weighted by Gasteiger charge is 2.65. The molecule has 3 atom stereocenters. The Morgan fingerprint density at radius 3 is 2.45 bits per heavy atom. The van der Waals surface area contributed by atoms with Crippen LogP contribution in [-0.4, -0.2) is 49.0 Å². The van der Waals surface area contributed by atoms with Gasteiger partial charge in [0.15, 0.2) is 11.6 Å². The number of amides is 1. The van der Waals surface area contributed by atoms with Gasteiger partial charge in [0.2, 0.25) is 5.91 Å². The Morgan fingerprint density at radius 1 is 1.02 bits per heavy atom. The van der Waals surface area contributed by atoms with Crippen molar-refractivity contribution in [1.82, 2.24) is 19.4 Å². The van der Waals surface area contributed by atoms with Gasteiger partial charge in [0.05, 0.1) is 11.6 Å². The molecular weight excluding hydrogens is 528 g/mol. The SMILES string of the molecule is CCC(=O)[C@@H]1C[C@]23CCCCCCCCCc4cc(Oc5ncc(C)cn5)cc5c(C(C)=O)cn(c45)CC(=O)N1[C@@H]2C3. The Labute approximate surface area is 247 Å². The third-order valence-electron chi connectivity index (χ3n) is 9.72. The highest BCUT2D eigenvalue weighted by atomic mass is 16.5. The molecule has 2 aromatic heterocycles. The molecule has 1 amide bonds. The average Bonchev–Trinajstić information content (AvgIpc) is 3.38. The first kappa shape index (κ1) is 28.6. The lowest BCUT2D eigenvalue weighted by molar-refractivity contribution is -0.139. The molecule has 8 nitrogen and oxygen atoms in total. The predicted octanol–water partition coefficient (Wildman–Crippen LogP) is 6.75. The zero-order valence-corrected chi connectivity index (χ0v) is 25.2. The number of hydrogen-bond acceptors (Lipinski definition) is 6. The van der Waals surface area contributed by atoms with Crippen molar-refractivity contribution >= 4 is 28.4 Å². The van der Waals surface area contributed by atoms with Crippen molar-refractivity contribution in [2.75, 3.05) is 0 Å². The molecule has 8 heteroatoms. The van der Waals surface area contributed by atoms with Crippen LogP contribution in [0.3, 0.4) is 0 Å². The molecule has 4 heterocycles. The van der Waals surface area contributed by atoms with E-state index in [-0.39, 0.29) is 47.5 Å². The summed E-state index contributed by atoms with van der Waals surface area (Å²) in [6, 6.07) is 3.96. The highest BCUT2D eigenvalue weighted by Crippen LogP contribution is 2.62. The maximum absolute atomic E-state index is 14.1. The number of ketones is 2. The number of hydrogen-bond donors (Lipinski definition) is 0. The number of benzene rings is 1. The van der Waals surface area contributed by atoms with Crippen LogP contribution in [-0.2, 0) is 22.6 Å². The number of carbonyl (C=O) groups is 3. The molecule has 2 aliphatic heterocycles. The lowest BCUT2D eigenvalue weighted by atomic mass is 9.91. The van der Waals surface area contributed by atoms with Gasteiger partial charge in [0, 0.05) is 42.0 Å². The Balaban J connectivity index is 1.40. The number of carbonyl (C=O) groups excluding carboxylic acids is 3. The van der Waals surface area contributed by atoms with Crippen molar-refractivity contribution < 1.29 is 19.1 Å². The van der Waals surface area contributed by atoms with Crippen molar-refractivity contribution in [2.45, 2.75) is 116 Å². The highest BCUT2D eigenvalue weighted by molar-refractivity contribution is 6.08. The Hall–Kier alpha value is -3.55. The third kappa shape index (κ3) is 5.48. The quantitative estimate of drug-likeness (QED) is 0.315. The van der Waals surface area contributed by atoms with Gasteiger partial charge >= 0.3 is 6.01 Å². The molecule has 1 aliphatic carbocycles. The van der Waals surface area contributed by atoms with Crippen molar-refractivity contribution in [3.05, 3.63) is 47.4 Å². The number of Topliss-reactive ketones (excluding diaryl/α,β-unsaturated/α-hetero) is 2. The Bertz CT molecular complexity index is 1510. The molecule has 0 radical (unpaired) electrons. The molecule has 2 bridgehead atoms. The molecule has 222 valence electrons. The van der Waals surface area contributed by atoms with Crippen molar-refractivity contribution in [3.8, 4) is 11.8 Å². The molecule has 0 spiro atoms. The molecule has 1 aromatic carbocycles. The van der Waals surface area contributed by atoms with E-state index in [1.54, 1.807) is 19.3 Å². The maximum atomic E-state index is 14.1. The Morgan fingerprint density at radius 2 is 1.74 bits per heavy atom. The summed E-state index contributed by atoms with van der Waals surface area (Å²) in [5.74, 6) is 0.646. The summed E-state index contributed by atoms with van der Waals surface area (Å²) in [5.41, 5.74) is 3.56. The number of aryl methyl sites for hydroxylation is 2. The molecule has 2 fully saturated rings. The van der Waals surface area contributed by atoms with Gasteiger partial charge in [0.25, 0.3) is 0 Å². The molecular formula is C34H42N4O4. The molecule has 1 saturated carbocycles. The van der Waals surface area contributed by atoms with E-state index in [2.05, 4.69) is 9.97 Å².